The van der Waals surface area contributed by atoms with Gasteiger partial charge in [0.05, 0.1) is 0 Å². The molecule has 0 saturated heterocycles. The molecule has 1 N–H and O–H groups in total. The number of nitrogens with one attached hydrogen (secondary N) is 1. The highest BCUT2D eigenvalue weighted by atomic mass is 35.5. The first-order chi connectivity index (χ1) is 9.71. The normalized spacial score (nSPS) is 22.8. The monoisotopic (exact) mass is 315 g/mol. The third kappa shape index (κ3) is 4.79. The fraction of sp³-hybridized carbons (Fsp3) is 0.714. The van der Waals surface area contributed by atoms with Crippen LogP contribution < -0.4 is 5.32 Å². The summed E-state index contributed by atoms with van der Waals surface area (Å²) in [6, 6.07) is 2.28. The van der Waals surface area contributed by atoms with E-state index in [0.717, 1.165) is 11.1 Å². The van der Waals surface area contributed by atoms with E-state index in [1.807, 2.05) is 18.7 Å². The lowest BCUT2D eigenvalue weighted by molar-refractivity contribution is 0.128. The van der Waals surface area contributed by atoms with Gasteiger partial charge in [-0.3, -0.25) is 0 Å². The van der Waals surface area contributed by atoms with Crippen LogP contribution in [0.2, 0.25) is 5.15 Å². The van der Waals surface area contributed by atoms with Crippen LogP contribution in [0.3, 0.4) is 0 Å². The molecule has 1 heterocycles. The highest BCUT2D eigenvalue weighted by Gasteiger charge is 2.20. The van der Waals surface area contributed by atoms with Gasteiger partial charge in [-0.2, -0.15) is 11.8 Å². The van der Waals surface area contributed by atoms with Crippen LogP contribution in [0.5, 0.6) is 0 Å². The highest BCUT2D eigenvalue weighted by Crippen LogP contribution is 2.28. The van der Waals surface area contributed by atoms with E-state index in [1.54, 1.807) is 6.07 Å². The average molecular weight is 316 g/mol. The largest absolute Gasteiger partial charge is 0.374 e. The molecule has 6 heteroatoms. The van der Waals surface area contributed by atoms with Gasteiger partial charge in [-0.25, -0.2) is 9.97 Å². The van der Waals surface area contributed by atoms with Gasteiger partial charge in [0.25, 0.3) is 0 Å². The lowest BCUT2D eigenvalue weighted by Crippen LogP contribution is -2.27. The summed E-state index contributed by atoms with van der Waals surface area (Å²) in [5.74, 6) is 1.45. The molecule has 20 heavy (non-hydrogen) atoms. The van der Waals surface area contributed by atoms with Gasteiger partial charge in [-0.05, 0) is 38.9 Å². The molecule has 0 unspecified atom stereocenters. The molecule has 1 aliphatic rings. The van der Waals surface area contributed by atoms with Crippen LogP contribution in [0.15, 0.2) is 6.07 Å². The van der Waals surface area contributed by atoms with Crippen LogP contribution in [0.25, 0.3) is 0 Å². The van der Waals surface area contributed by atoms with E-state index in [9.17, 15) is 0 Å². The fourth-order valence-electron chi connectivity index (χ4n) is 2.45. The van der Waals surface area contributed by atoms with Crippen LogP contribution in [0.1, 0.15) is 38.4 Å². The van der Waals surface area contributed by atoms with Crippen LogP contribution in [0, 0.1) is 0 Å². The Hall–Kier alpha value is -0.520. The third-order valence-electron chi connectivity index (χ3n) is 3.54. The number of anilines is 1. The van der Waals surface area contributed by atoms with Crippen molar-refractivity contribution in [1.29, 1.82) is 0 Å². The van der Waals surface area contributed by atoms with Crippen molar-refractivity contribution in [3.63, 3.8) is 0 Å². The number of aromatic nitrogens is 2. The highest BCUT2D eigenvalue weighted by molar-refractivity contribution is 7.99. The van der Waals surface area contributed by atoms with Gasteiger partial charge < -0.3 is 10.1 Å². The molecule has 4 nitrogen and oxygen atoms in total. The molecule has 1 aromatic rings. The summed E-state index contributed by atoms with van der Waals surface area (Å²) in [5, 5.41) is 4.77. The SMILES string of the molecule is CCOCc1nc(Cl)cc(NC2CCC(SC)CC2)n1. The first kappa shape index (κ1) is 15.9. The lowest BCUT2D eigenvalue weighted by Gasteiger charge is -2.28. The van der Waals surface area contributed by atoms with Crippen molar-refractivity contribution in [2.75, 3.05) is 18.2 Å². The van der Waals surface area contributed by atoms with E-state index in [2.05, 4.69) is 21.5 Å². The molecular weight excluding hydrogens is 294 g/mol. The molecule has 1 fully saturated rings. The molecule has 0 aromatic carbocycles. The standard InChI is InChI=1S/C14H22ClN3OS/c1-3-19-9-14-17-12(15)8-13(18-14)16-10-4-6-11(20-2)7-5-10/h8,10-11H,3-7,9H2,1-2H3,(H,16,17,18). The minimum absolute atomic E-state index is 0.408. The molecule has 2 rings (SSSR count). The summed E-state index contributed by atoms with van der Waals surface area (Å²) in [7, 11) is 0. The number of rotatable bonds is 6. The molecule has 1 aliphatic carbocycles. The second kappa shape index (κ2) is 8.05. The van der Waals surface area contributed by atoms with Crippen molar-refractivity contribution >= 4 is 29.2 Å². The molecule has 1 saturated carbocycles. The van der Waals surface area contributed by atoms with Gasteiger partial charge >= 0.3 is 0 Å². The molecule has 0 atom stereocenters. The number of hydrogen-bond acceptors (Lipinski definition) is 5. The molecule has 0 radical (unpaired) electrons. The first-order valence-electron chi connectivity index (χ1n) is 7.11. The van der Waals surface area contributed by atoms with Crippen molar-refractivity contribution in [1.82, 2.24) is 9.97 Å². The van der Waals surface area contributed by atoms with Crippen molar-refractivity contribution in [2.45, 2.75) is 50.5 Å². The maximum atomic E-state index is 6.04. The summed E-state index contributed by atoms with van der Waals surface area (Å²) < 4.78 is 5.33. The number of halogens is 1. The van der Waals surface area contributed by atoms with E-state index in [4.69, 9.17) is 16.3 Å². The Morgan fingerprint density at radius 3 is 2.75 bits per heavy atom. The molecule has 0 aliphatic heterocycles. The topological polar surface area (TPSA) is 47.0 Å². The van der Waals surface area contributed by atoms with E-state index in [-0.39, 0.29) is 0 Å². The Kier molecular flexibility index (Phi) is 6.39. The van der Waals surface area contributed by atoms with Gasteiger partial charge in [0.15, 0.2) is 5.82 Å². The van der Waals surface area contributed by atoms with Crippen LogP contribution in [-0.2, 0) is 11.3 Å². The fourth-order valence-corrected chi connectivity index (χ4v) is 3.39. The van der Waals surface area contributed by atoms with Gasteiger partial charge in [-0.1, -0.05) is 11.6 Å². The Balaban J connectivity index is 1.93. The first-order valence-corrected chi connectivity index (χ1v) is 8.78. The van der Waals surface area contributed by atoms with Crippen LogP contribution in [0.4, 0.5) is 5.82 Å². The maximum Gasteiger partial charge on any atom is 0.158 e. The zero-order valence-corrected chi connectivity index (χ0v) is 13.6. The summed E-state index contributed by atoms with van der Waals surface area (Å²) in [6.45, 7) is 3.01. The van der Waals surface area contributed by atoms with Gasteiger partial charge in [0.2, 0.25) is 0 Å². The Labute approximate surface area is 130 Å². The summed E-state index contributed by atoms with van der Waals surface area (Å²) in [5.41, 5.74) is 0. The van der Waals surface area contributed by atoms with E-state index >= 15 is 0 Å². The summed E-state index contributed by atoms with van der Waals surface area (Å²) >= 11 is 8.02. The minimum atomic E-state index is 0.408. The number of thioether (sulfide) groups is 1. The molecule has 0 bridgehead atoms. The van der Waals surface area contributed by atoms with Crippen molar-refractivity contribution in [2.24, 2.45) is 0 Å². The van der Waals surface area contributed by atoms with Crippen LogP contribution in [-0.4, -0.2) is 34.1 Å². The van der Waals surface area contributed by atoms with Crippen LogP contribution >= 0.6 is 23.4 Å². The second-order valence-electron chi connectivity index (χ2n) is 4.98. The summed E-state index contributed by atoms with van der Waals surface area (Å²) in [6.07, 6.45) is 7.11. The smallest absolute Gasteiger partial charge is 0.158 e. The number of nitrogens with zero attached hydrogens (tertiary/aromatic N) is 2. The van der Waals surface area contributed by atoms with Crippen molar-refractivity contribution in [3.8, 4) is 0 Å². The maximum absolute atomic E-state index is 6.04. The summed E-state index contributed by atoms with van der Waals surface area (Å²) in [4.78, 5) is 8.64. The Morgan fingerprint density at radius 1 is 1.35 bits per heavy atom. The molecular formula is C14H22ClN3OS. The molecule has 112 valence electrons. The molecule has 0 spiro atoms. The van der Waals surface area contributed by atoms with E-state index in [1.165, 1.54) is 25.7 Å². The Bertz CT molecular complexity index is 425. The Morgan fingerprint density at radius 2 is 2.10 bits per heavy atom. The predicted molar refractivity (Wildman–Crippen MR) is 85.6 cm³/mol. The number of ether oxygens (including phenoxy) is 1. The molecule has 0 amide bonds. The molecule has 1 aromatic heterocycles. The minimum Gasteiger partial charge on any atom is -0.374 e. The van der Waals surface area contributed by atoms with Crippen molar-refractivity contribution < 1.29 is 4.74 Å². The predicted octanol–water partition coefficient (Wildman–Crippen LogP) is 3.75. The average Bonchev–Trinajstić information content (AvgIpc) is 2.45. The van der Waals surface area contributed by atoms with Gasteiger partial charge in [0.1, 0.15) is 17.6 Å². The van der Waals surface area contributed by atoms with Gasteiger partial charge in [0, 0.05) is 24.0 Å². The zero-order chi connectivity index (χ0) is 14.4. The second-order valence-corrected chi connectivity index (χ2v) is 6.51. The quantitative estimate of drug-likeness (QED) is 0.810. The van der Waals surface area contributed by atoms with E-state index in [0.29, 0.717) is 30.2 Å². The van der Waals surface area contributed by atoms with E-state index < -0.39 is 0 Å². The third-order valence-corrected chi connectivity index (χ3v) is 4.87. The van der Waals surface area contributed by atoms with Gasteiger partial charge in [-0.15, -0.1) is 0 Å². The van der Waals surface area contributed by atoms with Crippen molar-refractivity contribution in [3.05, 3.63) is 17.0 Å². The lowest BCUT2D eigenvalue weighted by atomic mass is 9.95. The number of hydrogen-bond donors (Lipinski definition) is 1. The zero-order valence-electron chi connectivity index (χ0n) is 12.1.